The molecule has 0 spiro atoms. The van der Waals surface area contributed by atoms with Crippen molar-refractivity contribution < 1.29 is 0 Å². The molecule has 1 aliphatic rings. The molecule has 1 aliphatic heterocycles. The van der Waals surface area contributed by atoms with Crippen LogP contribution >= 0.6 is 11.3 Å². The van der Waals surface area contributed by atoms with Gasteiger partial charge in [0.2, 0.25) is 0 Å². The van der Waals surface area contributed by atoms with Gasteiger partial charge in [-0.2, -0.15) is 10.2 Å². The van der Waals surface area contributed by atoms with Gasteiger partial charge in [-0.15, -0.1) is 11.3 Å². The summed E-state index contributed by atoms with van der Waals surface area (Å²) in [6.45, 7) is 0.693. The zero-order chi connectivity index (χ0) is 10.1. The lowest BCUT2D eigenvalue weighted by Crippen LogP contribution is -2.05. The minimum Gasteiger partial charge on any atom is -0.247 e. The lowest BCUT2D eigenvalue weighted by Gasteiger charge is -2.16. The van der Waals surface area contributed by atoms with Gasteiger partial charge in [0.25, 0.3) is 0 Å². The largest absolute Gasteiger partial charge is 0.247 e. The van der Waals surface area contributed by atoms with E-state index >= 15 is 0 Å². The summed E-state index contributed by atoms with van der Waals surface area (Å²) in [5.41, 5.74) is 2.50. The van der Waals surface area contributed by atoms with Crippen LogP contribution in [0.1, 0.15) is 22.2 Å². The fraction of sp³-hybridized carbons (Fsp3) is 0.182. The Morgan fingerprint density at radius 3 is 3.07 bits per heavy atom. The van der Waals surface area contributed by atoms with Crippen molar-refractivity contribution in [1.82, 2.24) is 4.98 Å². The molecular formula is C11H9N3S. The van der Waals surface area contributed by atoms with Gasteiger partial charge in [0.15, 0.2) is 0 Å². The molecule has 0 radical (unpaired) electrons. The summed E-state index contributed by atoms with van der Waals surface area (Å²) in [6, 6.07) is 8.31. The molecule has 1 unspecified atom stereocenters. The van der Waals surface area contributed by atoms with Crippen LogP contribution in [-0.2, 0) is 6.54 Å². The second-order valence-electron chi connectivity index (χ2n) is 3.39. The van der Waals surface area contributed by atoms with Gasteiger partial charge in [-0.1, -0.05) is 24.3 Å². The van der Waals surface area contributed by atoms with E-state index < -0.39 is 0 Å². The number of fused-ring (bicyclic) bond motifs is 1. The molecule has 1 atom stereocenters. The highest BCUT2D eigenvalue weighted by Crippen LogP contribution is 2.33. The number of thiazole rings is 1. The van der Waals surface area contributed by atoms with E-state index in [4.69, 9.17) is 0 Å². The smallest absolute Gasteiger partial charge is 0.148 e. The molecule has 2 aromatic rings. The lowest BCUT2D eigenvalue weighted by atomic mass is 10.0. The molecule has 0 saturated heterocycles. The van der Waals surface area contributed by atoms with E-state index in [0.717, 1.165) is 5.01 Å². The van der Waals surface area contributed by atoms with Crippen molar-refractivity contribution in [3.63, 3.8) is 0 Å². The van der Waals surface area contributed by atoms with Crippen LogP contribution in [0.4, 0.5) is 0 Å². The van der Waals surface area contributed by atoms with E-state index in [1.807, 2.05) is 23.7 Å². The highest BCUT2D eigenvalue weighted by molar-refractivity contribution is 7.09. The predicted molar refractivity (Wildman–Crippen MR) is 59.0 cm³/mol. The first-order chi connectivity index (χ1) is 7.45. The maximum atomic E-state index is 4.30. The highest BCUT2D eigenvalue weighted by atomic mass is 32.1. The summed E-state index contributed by atoms with van der Waals surface area (Å²) in [6.07, 6.45) is 1.81. The van der Waals surface area contributed by atoms with Gasteiger partial charge >= 0.3 is 0 Å². The van der Waals surface area contributed by atoms with Crippen molar-refractivity contribution in [3.8, 4) is 0 Å². The van der Waals surface area contributed by atoms with Crippen LogP contribution in [0.2, 0.25) is 0 Å². The van der Waals surface area contributed by atoms with Crippen molar-refractivity contribution in [3.05, 3.63) is 52.0 Å². The summed E-state index contributed by atoms with van der Waals surface area (Å²) >= 11 is 1.63. The number of hydrogen-bond donors (Lipinski definition) is 0. The first-order valence-corrected chi connectivity index (χ1v) is 5.67. The zero-order valence-corrected chi connectivity index (χ0v) is 8.81. The second kappa shape index (κ2) is 3.55. The molecule has 3 nitrogen and oxygen atoms in total. The number of hydrogen-bond acceptors (Lipinski definition) is 4. The highest BCUT2D eigenvalue weighted by Gasteiger charge is 2.21. The van der Waals surface area contributed by atoms with E-state index in [9.17, 15) is 0 Å². The Balaban J connectivity index is 2.11. The van der Waals surface area contributed by atoms with Crippen molar-refractivity contribution >= 4 is 11.3 Å². The second-order valence-corrected chi connectivity index (χ2v) is 4.31. The maximum absolute atomic E-state index is 4.30. The Morgan fingerprint density at radius 1 is 1.27 bits per heavy atom. The summed E-state index contributed by atoms with van der Waals surface area (Å²) in [4.78, 5) is 4.30. The van der Waals surface area contributed by atoms with Crippen molar-refractivity contribution in [2.75, 3.05) is 0 Å². The molecule has 0 aliphatic carbocycles. The van der Waals surface area contributed by atoms with Crippen LogP contribution < -0.4 is 0 Å². The van der Waals surface area contributed by atoms with E-state index in [1.165, 1.54) is 11.1 Å². The fourth-order valence-corrected chi connectivity index (χ4v) is 2.44. The van der Waals surface area contributed by atoms with Crippen molar-refractivity contribution in [2.45, 2.75) is 12.6 Å². The van der Waals surface area contributed by atoms with Gasteiger partial charge in [-0.3, -0.25) is 0 Å². The number of nitrogens with zero attached hydrogens (tertiary/aromatic N) is 3. The number of aromatic nitrogens is 1. The molecule has 15 heavy (non-hydrogen) atoms. The lowest BCUT2D eigenvalue weighted by molar-refractivity contribution is 0.701. The molecule has 3 rings (SSSR count). The summed E-state index contributed by atoms with van der Waals surface area (Å²) < 4.78 is 0. The van der Waals surface area contributed by atoms with Gasteiger partial charge in [0.1, 0.15) is 11.0 Å². The first-order valence-electron chi connectivity index (χ1n) is 4.79. The molecule has 0 bridgehead atoms. The van der Waals surface area contributed by atoms with Crippen LogP contribution in [0.25, 0.3) is 0 Å². The molecule has 4 heteroatoms. The van der Waals surface area contributed by atoms with Gasteiger partial charge in [0.05, 0.1) is 6.54 Å². The summed E-state index contributed by atoms with van der Waals surface area (Å²) in [5.74, 6) is 0. The SMILES string of the molecule is c1ccc2c(c1)CN=NC2c1nccs1. The average molecular weight is 215 g/mol. The minimum atomic E-state index is 0.00921. The Labute approximate surface area is 91.5 Å². The Bertz CT molecular complexity index is 490. The molecule has 0 saturated carbocycles. The third-order valence-electron chi connectivity index (χ3n) is 2.47. The minimum absolute atomic E-state index is 0.00921. The van der Waals surface area contributed by atoms with Crippen molar-refractivity contribution in [2.24, 2.45) is 10.2 Å². The fourth-order valence-electron chi connectivity index (χ4n) is 1.76. The zero-order valence-electron chi connectivity index (χ0n) is 8.00. The summed E-state index contributed by atoms with van der Waals surface area (Å²) in [7, 11) is 0. The van der Waals surface area contributed by atoms with Gasteiger partial charge in [0, 0.05) is 11.6 Å². The standard InChI is InChI=1S/C11H9N3S/c1-2-4-9-8(3-1)7-13-14-10(9)11-12-5-6-15-11/h1-6,10H,7H2. The molecular weight excluding hydrogens is 206 g/mol. The van der Waals surface area contributed by atoms with Gasteiger partial charge < -0.3 is 0 Å². The monoisotopic (exact) mass is 215 g/mol. The summed E-state index contributed by atoms with van der Waals surface area (Å²) in [5, 5.41) is 11.4. The Morgan fingerprint density at radius 2 is 2.20 bits per heavy atom. The molecule has 2 heterocycles. The van der Waals surface area contributed by atoms with E-state index in [0.29, 0.717) is 6.54 Å². The molecule has 1 aromatic carbocycles. The number of rotatable bonds is 1. The van der Waals surface area contributed by atoms with E-state index in [-0.39, 0.29) is 6.04 Å². The van der Waals surface area contributed by atoms with E-state index in [2.05, 4.69) is 27.3 Å². The molecule has 74 valence electrons. The maximum Gasteiger partial charge on any atom is 0.148 e. The van der Waals surface area contributed by atoms with Crippen LogP contribution in [0.15, 0.2) is 46.1 Å². The third kappa shape index (κ3) is 1.47. The van der Waals surface area contributed by atoms with Crippen molar-refractivity contribution in [1.29, 1.82) is 0 Å². The number of benzene rings is 1. The Kier molecular flexibility index (Phi) is 2.07. The van der Waals surface area contributed by atoms with E-state index in [1.54, 1.807) is 11.3 Å². The predicted octanol–water partition coefficient (Wildman–Crippen LogP) is 3.20. The molecule has 0 N–H and O–H groups in total. The topological polar surface area (TPSA) is 37.6 Å². The van der Waals surface area contributed by atoms with Crippen LogP contribution in [-0.4, -0.2) is 4.98 Å². The molecule has 0 fully saturated rings. The molecule has 0 amide bonds. The normalized spacial score (nSPS) is 18.8. The average Bonchev–Trinajstić information content (AvgIpc) is 2.82. The van der Waals surface area contributed by atoms with Crippen LogP contribution in [0, 0.1) is 0 Å². The van der Waals surface area contributed by atoms with Gasteiger partial charge in [-0.25, -0.2) is 4.98 Å². The molecule has 1 aromatic heterocycles. The van der Waals surface area contributed by atoms with Gasteiger partial charge in [-0.05, 0) is 11.1 Å². The quantitative estimate of drug-likeness (QED) is 0.719. The van der Waals surface area contributed by atoms with Crippen LogP contribution in [0.5, 0.6) is 0 Å². The third-order valence-corrected chi connectivity index (χ3v) is 3.30. The Hall–Kier alpha value is -1.55. The van der Waals surface area contributed by atoms with Crippen LogP contribution in [0.3, 0.4) is 0 Å². The number of azo groups is 1. The first kappa shape index (κ1) is 8.73.